The monoisotopic (exact) mass is 738 g/mol. The van der Waals surface area contributed by atoms with Crippen molar-refractivity contribution < 1.29 is 36.2 Å². The van der Waals surface area contributed by atoms with Crippen LogP contribution in [0.4, 0.5) is 0 Å². The Bertz CT molecular complexity index is 757. The van der Waals surface area contributed by atoms with Gasteiger partial charge in [0, 0.05) is 11.5 Å². The van der Waals surface area contributed by atoms with Crippen LogP contribution in [0.1, 0.15) is 206 Å². The van der Waals surface area contributed by atoms with Gasteiger partial charge in [0.1, 0.15) is 0 Å². The van der Waals surface area contributed by atoms with Gasteiger partial charge < -0.3 is 19.3 Å². The van der Waals surface area contributed by atoms with Crippen LogP contribution in [0.2, 0.25) is 0 Å². The summed E-state index contributed by atoms with van der Waals surface area (Å²) in [6.07, 6.45) is 33.4. The normalized spacial score (nSPS) is 13.1. The van der Waals surface area contributed by atoms with Crippen LogP contribution < -0.4 is 0 Å². The molecule has 2 atom stereocenters. The van der Waals surface area contributed by atoms with Gasteiger partial charge in [-0.15, -0.1) is 0 Å². The summed E-state index contributed by atoms with van der Waals surface area (Å²) in [4.78, 5) is 0. The summed E-state index contributed by atoms with van der Waals surface area (Å²) in [5.41, 5.74) is 0. The zero-order valence-electron chi connectivity index (χ0n) is 30.6. The van der Waals surface area contributed by atoms with Crippen LogP contribution >= 0.6 is 0 Å². The first-order valence-corrected chi connectivity index (χ1v) is 22.3. The fourth-order valence-corrected chi connectivity index (χ4v) is 6.77. The molecule has 0 spiro atoms. The fraction of sp³-hybridized carbons (Fsp3) is 1.00. The second kappa shape index (κ2) is 38.2. The average molecular weight is 739 g/mol. The van der Waals surface area contributed by atoms with Crippen LogP contribution in [-0.4, -0.2) is 97.6 Å². The first-order valence-electron chi connectivity index (χ1n) is 19.1. The van der Waals surface area contributed by atoms with Gasteiger partial charge in [-0.1, -0.05) is 181 Å². The fourth-order valence-electron chi connectivity index (χ4n) is 5.64. The number of rotatable bonds is 34. The van der Waals surface area contributed by atoms with E-state index < -0.39 is 43.9 Å². The molecule has 8 nitrogen and oxygen atoms in total. The maximum absolute atomic E-state index is 10.5. The summed E-state index contributed by atoms with van der Waals surface area (Å²) >= 11 is 0. The number of hydrogen-bond acceptors (Lipinski definition) is 8. The molecule has 47 heavy (non-hydrogen) atoms. The summed E-state index contributed by atoms with van der Waals surface area (Å²) in [6, 6.07) is 0. The van der Waals surface area contributed by atoms with E-state index in [1.165, 1.54) is 141 Å². The molecule has 0 aliphatic carbocycles. The van der Waals surface area contributed by atoms with Crippen molar-refractivity contribution in [2.75, 3.05) is 11.5 Å². The third-order valence-corrected chi connectivity index (χ3v) is 10.2. The minimum atomic E-state index is -4.19. The molecule has 0 aromatic heterocycles. The van der Waals surface area contributed by atoms with Crippen LogP contribution in [0.3, 0.4) is 0 Å². The van der Waals surface area contributed by atoms with E-state index in [1.807, 2.05) is 0 Å². The first kappa shape index (κ1) is 52.4. The van der Waals surface area contributed by atoms with Gasteiger partial charge in [0.15, 0.2) is 0 Å². The van der Waals surface area contributed by atoms with E-state index in [1.54, 1.807) is 0 Å². The summed E-state index contributed by atoms with van der Waals surface area (Å²) in [5, 5.41) is 19.2. The maximum Gasteiger partial charge on any atom is 2.00 e. The third kappa shape index (κ3) is 51.5. The molecule has 0 fully saturated rings. The number of aliphatic hydroxyl groups is 2. The Morgan fingerprint density at radius 3 is 0.766 bits per heavy atom. The zero-order valence-corrected chi connectivity index (χ0v) is 34.5. The summed E-state index contributed by atoms with van der Waals surface area (Å²) in [6.45, 7) is 4.50. The molecule has 0 radical (unpaired) electrons. The van der Waals surface area contributed by atoms with E-state index in [4.69, 9.17) is 0 Å². The van der Waals surface area contributed by atoms with Crippen LogP contribution in [0.25, 0.3) is 0 Å². The molecule has 0 amide bonds. The Morgan fingerprint density at radius 1 is 0.383 bits per heavy atom. The second-order valence-corrected chi connectivity index (χ2v) is 16.5. The summed E-state index contributed by atoms with van der Waals surface area (Å²) in [5.74, 6) is -0.904. The van der Waals surface area contributed by atoms with Gasteiger partial charge in [-0.25, -0.2) is 16.8 Å². The van der Waals surface area contributed by atoms with E-state index in [2.05, 4.69) is 13.8 Å². The van der Waals surface area contributed by atoms with Crippen LogP contribution in [0.15, 0.2) is 0 Å². The van der Waals surface area contributed by atoms with Crippen molar-refractivity contribution in [1.29, 1.82) is 0 Å². The SMILES string of the molecule is CCCCCCCCCCCCCCCC(O)CCS(=O)(=O)[O-].CCCCCCCCCCCCCCCC(O)CCS(=O)(=O)[O-].[Ca+2]. The van der Waals surface area contributed by atoms with Crippen LogP contribution in [-0.2, 0) is 20.2 Å². The standard InChI is InChI=1S/2C18H38O4S.Ca/c2*1-2-3-4-5-6-7-8-9-10-11-12-13-14-15-18(19)16-17-23(20,21)22;/h2*18-19H,2-17H2,1H3,(H,20,21,22);/q;;+2/p-2. The smallest absolute Gasteiger partial charge is 0.748 e. The number of aliphatic hydroxyl groups excluding tert-OH is 2. The Labute approximate surface area is 321 Å². The Hall–Kier alpha value is 1.000. The molecule has 0 rings (SSSR count). The second-order valence-electron chi connectivity index (χ2n) is 13.5. The maximum atomic E-state index is 10.5. The van der Waals surface area contributed by atoms with Gasteiger partial charge in [-0.05, 0) is 25.7 Å². The van der Waals surface area contributed by atoms with E-state index >= 15 is 0 Å². The van der Waals surface area contributed by atoms with Gasteiger partial charge in [0.2, 0.25) is 0 Å². The molecule has 0 aliphatic rings. The van der Waals surface area contributed by atoms with Crippen LogP contribution in [0.5, 0.6) is 0 Å². The largest absolute Gasteiger partial charge is 2.00 e. The molecular formula is C36H74CaO8S2. The molecule has 0 heterocycles. The Kier molecular flexibility index (Phi) is 42.6. The third-order valence-electron chi connectivity index (χ3n) is 8.68. The first-order chi connectivity index (χ1) is 21.9. The molecule has 0 saturated carbocycles. The van der Waals surface area contributed by atoms with Crippen molar-refractivity contribution >= 4 is 58.0 Å². The quantitative estimate of drug-likeness (QED) is 0.0376. The van der Waals surface area contributed by atoms with Gasteiger partial charge >= 0.3 is 37.7 Å². The zero-order chi connectivity index (χ0) is 34.8. The van der Waals surface area contributed by atoms with E-state index in [-0.39, 0.29) is 50.6 Å². The van der Waals surface area contributed by atoms with Gasteiger partial charge in [-0.2, -0.15) is 0 Å². The molecule has 0 saturated heterocycles. The molecule has 280 valence electrons. The van der Waals surface area contributed by atoms with Crippen molar-refractivity contribution in [2.24, 2.45) is 0 Å². The Morgan fingerprint density at radius 2 is 0.574 bits per heavy atom. The topological polar surface area (TPSA) is 155 Å². The molecule has 0 aromatic carbocycles. The molecule has 0 aliphatic heterocycles. The molecule has 0 bridgehead atoms. The molecule has 11 heteroatoms. The van der Waals surface area contributed by atoms with E-state index in [0.29, 0.717) is 12.8 Å². The summed E-state index contributed by atoms with van der Waals surface area (Å²) < 4.78 is 62.7. The predicted octanol–water partition coefficient (Wildman–Crippen LogP) is 9.15. The van der Waals surface area contributed by atoms with Gasteiger partial charge in [-0.3, -0.25) is 0 Å². The van der Waals surface area contributed by atoms with Crippen LogP contribution in [0, 0.1) is 0 Å². The van der Waals surface area contributed by atoms with Gasteiger partial charge in [0.05, 0.1) is 32.4 Å². The van der Waals surface area contributed by atoms with Crippen molar-refractivity contribution in [2.45, 2.75) is 219 Å². The minimum absolute atomic E-state index is 0. The average Bonchev–Trinajstić information content (AvgIpc) is 2.99. The molecule has 2 N–H and O–H groups in total. The number of unbranched alkanes of at least 4 members (excludes halogenated alkanes) is 24. The van der Waals surface area contributed by atoms with Crippen molar-refractivity contribution in [3.63, 3.8) is 0 Å². The van der Waals surface area contributed by atoms with Gasteiger partial charge in [0.25, 0.3) is 0 Å². The molecule has 0 aromatic rings. The van der Waals surface area contributed by atoms with Crippen molar-refractivity contribution in [1.82, 2.24) is 0 Å². The van der Waals surface area contributed by atoms with Crippen molar-refractivity contribution in [3.8, 4) is 0 Å². The molecule has 2 unspecified atom stereocenters. The van der Waals surface area contributed by atoms with E-state index in [9.17, 15) is 36.2 Å². The Balaban J connectivity index is -0.000000807. The predicted molar refractivity (Wildman–Crippen MR) is 197 cm³/mol. The summed E-state index contributed by atoms with van der Waals surface area (Å²) in [7, 11) is -8.37. The number of hydrogen-bond donors (Lipinski definition) is 2. The molecular weight excluding hydrogens is 665 g/mol. The minimum Gasteiger partial charge on any atom is -0.748 e. The van der Waals surface area contributed by atoms with E-state index in [0.717, 1.165) is 25.7 Å². The van der Waals surface area contributed by atoms with Crippen molar-refractivity contribution in [3.05, 3.63) is 0 Å².